The highest BCUT2D eigenvalue weighted by Gasteiger charge is 2.06. The van der Waals surface area contributed by atoms with Gasteiger partial charge in [-0.1, -0.05) is 70.1 Å². The van der Waals surface area contributed by atoms with Crippen LogP contribution in [0.5, 0.6) is 0 Å². The summed E-state index contributed by atoms with van der Waals surface area (Å²) < 4.78 is 0. The molecule has 0 amide bonds. The molecular formula is C17H17NS2. The van der Waals surface area contributed by atoms with Crippen molar-refractivity contribution in [3.8, 4) is 0 Å². The molecule has 0 aliphatic carbocycles. The number of rotatable bonds is 0. The molecule has 0 saturated carbocycles. The lowest BCUT2D eigenvalue weighted by Crippen LogP contribution is -1.90. The molecule has 2 aliphatic heterocycles. The Kier molecular flexibility index (Phi) is 4.72. The topological polar surface area (TPSA) is 12.0 Å². The molecule has 0 radical (unpaired) electrons. The molecule has 0 aromatic heterocycles. The van der Waals surface area contributed by atoms with Gasteiger partial charge in [0.05, 0.1) is 0 Å². The van der Waals surface area contributed by atoms with E-state index in [2.05, 4.69) is 66.0 Å². The summed E-state index contributed by atoms with van der Waals surface area (Å²) in [6, 6.07) is 17.0. The first-order valence-corrected chi connectivity index (χ1v) is 9.12. The van der Waals surface area contributed by atoms with Crippen LogP contribution in [0.4, 0.5) is 5.69 Å². The van der Waals surface area contributed by atoms with Crippen LogP contribution in [0.2, 0.25) is 0 Å². The summed E-state index contributed by atoms with van der Waals surface area (Å²) in [6.45, 7) is 1.11. The number of anilines is 1. The Morgan fingerprint density at radius 1 is 0.950 bits per heavy atom. The molecule has 0 spiro atoms. The summed E-state index contributed by atoms with van der Waals surface area (Å²) in [5, 5.41) is 3.30. The van der Waals surface area contributed by atoms with Gasteiger partial charge in [-0.15, -0.1) is 0 Å². The molecule has 1 N–H and O–H groups in total. The summed E-state index contributed by atoms with van der Waals surface area (Å²) in [6.07, 6.45) is 5.60. The number of nitrogens with one attached hydrogen (secondary N) is 1. The van der Waals surface area contributed by atoms with Crippen LogP contribution in [0.1, 0.15) is 11.1 Å². The van der Waals surface area contributed by atoms with Gasteiger partial charge >= 0.3 is 0 Å². The average Bonchev–Trinajstić information content (AvgIpc) is 2.85. The zero-order valence-corrected chi connectivity index (χ0v) is 12.8. The fourth-order valence-corrected chi connectivity index (χ4v) is 4.26. The van der Waals surface area contributed by atoms with Gasteiger partial charge in [-0.3, -0.25) is 0 Å². The maximum Gasteiger partial charge on any atom is 0.0373 e. The summed E-state index contributed by atoms with van der Waals surface area (Å²) in [5.74, 6) is 1.11. The molecular weight excluding hydrogens is 282 g/mol. The molecule has 0 atom stereocenters. The molecule has 0 unspecified atom stereocenters. The van der Waals surface area contributed by atoms with Crippen molar-refractivity contribution in [2.75, 3.05) is 17.6 Å². The van der Waals surface area contributed by atoms with Crippen molar-refractivity contribution >= 4 is 33.4 Å². The molecule has 1 nitrogen and oxygen atoms in total. The predicted molar refractivity (Wildman–Crippen MR) is 92.4 cm³/mol. The number of hydrogen-bond acceptors (Lipinski definition) is 3. The zero-order chi connectivity index (χ0) is 13.6. The minimum Gasteiger partial charge on any atom is -0.384 e. The molecule has 4 rings (SSSR count). The second-order valence-electron chi connectivity index (χ2n) is 4.64. The van der Waals surface area contributed by atoms with Crippen molar-refractivity contribution in [2.24, 2.45) is 0 Å². The van der Waals surface area contributed by atoms with Crippen LogP contribution in [0.15, 0.2) is 59.5 Å². The van der Waals surface area contributed by atoms with Crippen LogP contribution in [0, 0.1) is 0 Å². The quantitative estimate of drug-likeness (QED) is 0.679. The van der Waals surface area contributed by atoms with Crippen molar-refractivity contribution in [3.05, 3.63) is 65.7 Å². The largest absolute Gasteiger partial charge is 0.384 e. The second-order valence-corrected chi connectivity index (χ2v) is 7.02. The van der Waals surface area contributed by atoms with Crippen LogP contribution in [0.25, 0.3) is 6.08 Å². The van der Waals surface area contributed by atoms with E-state index in [1.54, 1.807) is 0 Å². The van der Waals surface area contributed by atoms with Gasteiger partial charge in [-0.2, -0.15) is 0 Å². The summed E-state index contributed by atoms with van der Waals surface area (Å²) in [4.78, 5) is 1.38. The highest BCUT2D eigenvalue weighted by atomic mass is 33.1. The van der Waals surface area contributed by atoms with Gasteiger partial charge in [0.15, 0.2) is 0 Å². The lowest BCUT2D eigenvalue weighted by molar-refractivity contribution is 1.11. The third-order valence-electron chi connectivity index (χ3n) is 3.26. The monoisotopic (exact) mass is 299 g/mol. The van der Waals surface area contributed by atoms with Gasteiger partial charge in [0.1, 0.15) is 0 Å². The van der Waals surface area contributed by atoms with Crippen LogP contribution in [-0.2, 0) is 6.42 Å². The predicted octanol–water partition coefficient (Wildman–Crippen LogP) is 5.11. The third kappa shape index (κ3) is 3.41. The van der Waals surface area contributed by atoms with Gasteiger partial charge in [-0.25, -0.2) is 0 Å². The Balaban J connectivity index is 0.000000123. The van der Waals surface area contributed by atoms with Gasteiger partial charge in [0.2, 0.25) is 0 Å². The smallest absolute Gasteiger partial charge is 0.0373 e. The van der Waals surface area contributed by atoms with Crippen molar-refractivity contribution < 1.29 is 0 Å². The van der Waals surface area contributed by atoms with E-state index in [0.29, 0.717) is 0 Å². The number of benzene rings is 2. The molecule has 0 saturated heterocycles. The van der Waals surface area contributed by atoms with E-state index in [4.69, 9.17) is 0 Å². The van der Waals surface area contributed by atoms with Crippen molar-refractivity contribution in [1.29, 1.82) is 0 Å². The first kappa shape index (κ1) is 13.7. The molecule has 102 valence electrons. The maximum atomic E-state index is 3.30. The minimum atomic E-state index is 1.11. The van der Waals surface area contributed by atoms with Gasteiger partial charge in [0, 0.05) is 22.9 Å². The first-order chi connectivity index (χ1) is 9.93. The van der Waals surface area contributed by atoms with E-state index in [0.717, 1.165) is 12.3 Å². The Labute approximate surface area is 128 Å². The van der Waals surface area contributed by atoms with Gasteiger partial charge in [0.25, 0.3) is 0 Å². The Morgan fingerprint density at radius 2 is 1.80 bits per heavy atom. The molecule has 0 fully saturated rings. The molecule has 20 heavy (non-hydrogen) atoms. The fourth-order valence-electron chi connectivity index (χ4n) is 2.25. The van der Waals surface area contributed by atoms with Crippen molar-refractivity contribution in [3.63, 3.8) is 0 Å². The van der Waals surface area contributed by atoms with Crippen LogP contribution >= 0.6 is 21.6 Å². The SMILES string of the molecule is C1=Cc2ccccc2SSC1.c1ccc2c(c1)CCN2. The Bertz CT molecular complexity index is 584. The second kappa shape index (κ2) is 6.91. The average molecular weight is 299 g/mol. The van der Waals surface area contributed by atoms with Crippen LogP contribution in [-0.4, -0.2) is 12.3 Å². The van der Waals surface area contributed by atoms with Gasteiger partial charge in [-0.05, 0) is 29.7 Å². The molecule has 0 bridgehead atoms. The minimum absolute atomic E-state index is 1.11. The molecule has 2 aliphatic rings. The molecule has 2 heterocycles. The highest BCUT2D eigenvalue weighted by molar-refractivity contribution is 8.76. The third-order valence-corrected chi connectivity index (χ3v) is 5.55. The standard InChI is InChI=1S/C9H8S2.C8H9N/c1-2-6-9-8(4-1)5-3-7-10-11-9;1-2-4-8-7(3-1)5-6-9-8/h1-6H,7H2;1-4,9H,5-6H2. The normalized spacial score (nSPS) is 15.2. The van der Waals surface area contributed by atoms with E-state index in [-0.39, 0.29) is 0 Å². The van der Waals surface area contributed by atoms with Crippen LogP contribution < -0.4 is 5.32 Å². The van der Waals surface area contributed by atoms with E-state index < -0.39 is 0 Å². The van der Waals surface area contributed by atoms with Crippen molar-refractivity contribution in [1.82, 2.24) is 0 Å². The number of fused-ring (bicyclic) bond motifs is 2. The van der Waals surface area contributed by atoms with Crippen LogP contribution in [0.3, 0.4) is 0 Å². The number of hydrogen-bond donors (Lipinski definition) is 1. The lowest BCUT2D eigenvalue weighted by atomic mass is 10.2. The highest BCUT2D eigenvalue weighted by Crippen LogP contribution is 2.36. The fraction of sp³-hybridized carbons (Fsp3) is 0.176. The Hall–Kier alpha value is -1.32. The first-order valence-electron chi connectivity index (χ1n) is 6.80. The van der Waals surface area contributed by atoms with E-state index in [1.807, 2.05) is 21.6 Å². The molecule has 2 aromatic carbocycles. The summed E-state index contributed by atoms with van der Waals surface area (Å²) >= 11 is 0. The zero-order valence-electron chi connectivity index (χ0n) is 11.2. The summed E-state index contributed by atoms with van der Waals surface area (Å²) in [7, 11) is 3.75. The van der Waals surface area contributed by atoms with Crippen molar-refractivity contribution in [2.45, 2.75) is 11.3 Å². The van der Waals surface area contributed by atoms with E-state index in [9.17, 15) is 0 Å². The van der Waals surface area contributed by atoms with E-state index >= 15 is 0 Å². The molecule has 3 heteroatoms. The lowest BCUT2D eigenvalue weighted by Gasteiger charge is -1.99. The van der Waals surface area contributed by atoms with Gasteiger partial charge < -0.3 is 5.32 Å². The number of para-hydroxylation sites is 1. The summed E-state index contributed by atoms with van der Waals surface area (Å²) in [5.41, 5.74) is 4.12. The molecule has 2 aromatic rings. The maximum absolute atomic E-state index is 3.30. The Morgan fingerprint density at radius 3 is 2.75 bits per heavy atom. The van der Waals surface area contributed by atoms with E-state index in [1.165, 1.54) is 28.1 Å².